The second-order valence-electron chi connectivity index (χ2n) is 23.4. The monoisotopic (exact) mass is 1120 g/mol. The first-order valence-electron chi connectivity index (χ1n) is 34.9. The summed E-state index contributed by atoms with van der Waals surface area (Å²) in [7, 11) is 0. The molecule has 0 amide bonds. The lowest BCUT2D eigenvalue weighted by atomic mass is 10.0. The van der Waals surface area contributed by atoms with E-state index in [9.17, 15) is 14.4 Å². The lowest BCUT2D eigenvalue weighted by molar-refractivity contribution is -0.167. The third-order valence-electron chi connectivity index (χ3n) is 15.4. The number of esters is 3. The van der Waals surface area contributed by atoms with Crippen LogP contribution in [-0.4, -0.2) is 37.2 Å². The van der Waals surface area contributed by atoms with E-state index >= 15 is 0 Å². The van der Waals surface area contributed by atoms with Gasteiger partial charge in [0.1, 0.15) is 13.2 Å². The minimum absolute atomic E-state index is 0.0872. The van der Waals surface area contributed by atoms with E-state index in [4.69, 9.17) is 14.2 Å². The fourth-order valence-corrected chi connectivity index (χ4v) is 10.2. The Hall–Kier alpha value is -3.15. The Labute approximate surface area is 497 Å². The first-order chi connectivity index (χ1) is 39.5. The van der Waals surface area contributed by atoms with Crippen molar-refractivity contribution in [2.45, 2.75) is 367 Å². The van der Waals surface area contributed by atoms with Gasteiger partial charge in [-0.05, 0) is 89.9 Å². The van der Waals surface area contributed by atoms with Gasteiger partial charge in [0, 0.05) is 19.3 Å². The largest absolute Gasteiger partial charge is 0.462 e. The van der Waals surface area contributed by atoms with Gasteiger partial charge in [0.25, 0.3) is 0 Å². The maximum Gasteiger partial charge on any atom is 0.306 e. The molecule has 0 fully saturated rings. The zero-order valence-corrected chi connectivity index (χ0v) is 53.3. The predicted octanol–water partition coefficient (Wildman–Crippen LogP) is 24.1. The molecule has 1 atom stereocenters. The van der Waals surface area contributed by atoms with E-state index in [0.29, 0.717) is 19.3 Å². The summed E-state index contributed by atoms with van der Waals surface area (Å²) in [5.41, 5.74) is 0. The van der Waals surface area contributed by atoms with Gasteiger partial charge in [-0.2, -0.15) is 0 Å². The summed E-state index contributed by atoms with van der Waals surface area (Å²) in [5.74, 6) is -0.907. The Morgan fingerprint density at radius 1 is 0.263 bits per heavy atom. The van der Waals surface area contributed by atoms with Gasteiger partial charge < -0.3 is 14.2 Å². The van der Waals surface area contributed by atoms with Crippen molar-refractivity contribution < 1.29 is 28.6 Å². The summed E-state index contributed by atoms with van der Waals surface area (Å²) in [6.07, 6.45) is 89.4. The summed E-state index contributed by atoms with van der Waals surface area (Å²) >= 11 is 0. The second kappa shape index (κ2) is 68.3. The Morgan fingerprint density at radius 3 is 0.775 bits per heavy atom. The number of hydrogen-bond donors (Lipinski definition) is 0. The summed E-state index contributed by atoms with van der Waals surface area (Å²) < 4.78 is 16.9. The van der Waals surface area contributed by atoms with Crippen molar-refractivity contribution in [2.75, 3.05) is 13.2 Å². The molecule has 1 unspecified atom stereocenters. The molecular weight excluding hydrogens is 985 g/mol. The molecule has 0 heterocycles. The zero-order valence-electron chi connectivity index (χ0n) is 53.3. The van der Waals surface area contributed by atoms with E-state index in [1.807, 2.05) is 0 Å². The molecular formula is C74H132O6. The standard InChI is InChI=1S/C74H132O6/c1-4-7-10-13-16-19-22-25-28-31-32-33-34-35-36-37-38-39-40-41-42-44-46-49-52-55-58-61-64-67-73(76)79-70-71(69-78-72(75)66-63-60-57-54-51-48-45-30-27-24-21-18-15-12-9-6-3)80-74(77)68-65-62-59-56-53-50-47-43-29-26-23-20-17-14-11-8-5-2/h8,11,17,20-21,24,26,29-30,45,47,50,71H,4-7,9-10,12-16,18-19,22-23,25,27-28,31-44,46,48-49,51-70H2,1-3H3/b11-8-,20-17-,24-21-,29-26-,45-30-,50-47-. The van der Waals surface area contributed by atoms with Gasteiger partial charge in [-0.25, -0.2) is 0 Å². The minimum Gasteiger partial charge on any atom is -0.462 e. The van der Waals surface area contributed by atoms with Crippen LogP contribution in [0.2, 0.25) is 0 Å². The van der Waals surface area contributed by atoms with E-state index in [-0.39, 0.29) is 31.1 Å². The maximum atomic E-state index is 12.9. The molecule has 0 rings (SSSR count). The average molecular weight is 1120 g/mol. The van der Waals surface area contributed by atoms with Gasteiger partial charge in [-0.1, -0.05) is 325 Å². The Kier molecular flexibility index (Phi) is 65.7. The van der Waals surface area contributed by atoms with Crippen molar-refractivity contribution in [1.29, 1.82) is 0 Å². The number of hydrogen-bond acceptors (Lipinski definition) is 6. The third kappa shape index (κ3) is 65.7. The van der Waals surface area contributed by atoms with Crippen molar-refractivity contribution in [3.63, 3.8) is 0 Å². The number of carbonyl (C=O) groups is 3. The van der Waals surface area contributed by atoms with E-state index in [0.717, 1.165) is 116 Å². The topological polar surface area (TPSA) is 78.9 Å². The SMILES string of the molecule is CC/C=C\C/C=C\C/C=C\C/C=C\CCCCCCC(=O)OC(COC(=O)CCCCCCC/C=C\C/C=C\CCCCCC)COC(=O)CCCCCCCCCCCCCCCCCCCCCCCCCCCCCCC. The predicted molar refractivity (Wildman–Crippen MR) is 348 cm³/mol. The first kappa shape index (κ1) is 76.9. The molecule has 0 aromatic carbocycles. The maximum absolute atomic E-state index is 12.9. The number of allylic oxidation sites excluding steroid dienone is 12. The highest BCUT2D eigenvalue weighted by Gasteiger charge is 2.19. The lowest BCUT2D eigenvalue weighted by Crippen LogP contribution is -2.30. The normalized spacial score (nSPS) is 12.5. The molecule has 6 heteroatoms. The van der Waals surface area contributed by atoms with Crippen LogP contribution in [0.3, 0.4) is 0 Å². The first-order valence-corrected chi connectivity index (χ1v) is 34.9. The Bertz CT molecular complexity index is 1470. The molecule has 0 aromatic heterocycles. The van der Waals surface area contributed by atoms with Crippen LogP contribution in [0.25, 0.3) is 0 Å². The number of rotatable bonds is 64. The van der Waals surface area contributed by atoms with Crippen LogP contribution in [0.4, 0.5) is 0 Å². The second-order valence-corrected chi connectivity index (χ2v) is 23.4. The lowest BCUT2D eigenvalue weighted by Gasteiger charge is -2.18. The number of unbranched alkanes of at least 4 members (excludes halogenated alkanes) is 41. The molecule has 80 heavy (non-hydrogen) atoms. The highest BCUT2D eigenvalue weighted by atomic mass is 16.6. The van der Waals surface area contributed by atoms with E-state index in [1.54, 1.807) is 0 Å². The van der Waals surface area contributed by atoms with Crippen molar-refractivity contribution in [3.05, 3.63) is 72.9 Å². The molecule has 0 bridgehead atoms. The molecule has 0 spiro atoms. The highest BCUT2D eigenvalue weighted by Crippen LogP contribution is 2.18. The summed E-state index contributed by atoms with van der Waals surface area (Å²) in [6.45, 7) is 6.53. The van der Waals surface area contributed by atoms with E-state index in [2.05, 4.69) is 93.7 Å². The summed E-state index contributed by atoms with van der Waals surface area (Å²) in [4.78, 5) is 38.4. The van der Waals surface area contributed by atoms with Crippen LogP contribution in [0.1, 0.15) is 361 Å². The van der Waals surface area contributed by atoms with Crippen LogP contribution < -0.4 is 0 Å². The molecule has 0 radical (unpaired) electrons. The van der Waals surface area contributed by atoms with Crippen molar-refractivity contribution >= 4 is 17.9 Å². The zero-order chi connectivity index (χ0) is 57.8. The van der Waals surface area contributed by atoms with E-state index in [1.165, 1.54) is 205 Å². The van der Waals surface area contributed by atoms with Crippen molar-refractivity contribution in [1.82, 2.24) is 0 Å². The fourth-order valence-electron chi connectivity index (χ4n) is 10.2. The van der Waals surface area contributed by atoms with Gasteiger partial charge in [0.05, 0.1) is 0 Å². The van der Waals surface area contributed by atoms with E-state index < -0.39 is 6.10 Å². The molecule has 0 aliphatic rings. The van der Waals surface area contributed by atoms with Crippen LogP contribution in [0.15, 0.2) is 72.9 Å². The minimum atomic E-state index is -0.795. The fraction of sp³-hybridized carbons (Fsp3) is 0.797. The van der Waals surface area contributed by atoms with Gasteiger partial charge in [0.2, 0.25) is 0 Å². The van der Waals surface area contributed by atoms with Crippen LogP contribution >= 0.6 is 0 Å². The van der Waals surface area contributed by atoms with Crippen LogP contribution in [0.5, 0.6) is 0 Å². The van der Waals surface area contributed by atoms with Crippen molar-refractivity contribution in [3.8, 4) is 0 Å². The van der Waals surface area contributed by atoms with Gasteiger partial charge in [-0.15, -0.1) is 0 Å². The van der Waals surface area contributed by atoms with Gasteiger partial charge >= 0.3 is 17.9 Å². The van der Waals surface area contributed by atoms with Crippen LogP contribution in [-0.2, 0) is 28.6 Å². The van der Waals surface area contributed by atoms with Gasteiger partial charge in [0.15, 0.2) is 6.10 Å². The number of carbonyl (C=O) groups excluding carboxylic acids is 3. The molecule has 0 aliphatic carbocycles. The third-order valence-corrected chi connectivity index (χ3v) is 15.4. The Morgan fingerprint density at radius 2 is 0.487 bits per heavy atom. The molecule has 0 aliphatic heterocycles. The molecule has 464 valence electrons. The smallest absolute Gasteiger partial charge is 0.306 e. The quantitative estimate of drug-likeness (QED) is 0.0261. The van der Waals surface area contributed by atoms with Crippen LogP contribution in [0, 0.1) is 0 Å². The molecule has 6 nitrogen and oxygen atoms in total. The molecule has 0 saturated heterocycles. The summed E-state index contributed by atoms with van der Waals surface area (Å²) in [6, 6.07) is 0. The highest BCUT2D eigenvalue weighted by molar-refractivity contribution is 5.71. The Balaban J connectivity index is 4.25. The molecule has 0 aromatic rings. The number of ether oxygens (including phenoxy) is 3. The molecule has 0 N–H and O–H groups in total. The summed E-state index contributed by atoms with van der Waals surface area (Å²) in [5, 5.41) is 0. The molecule has 0 saturated carbocycles. The van der Waals surface area contributed by atoms with Crippen molar-refractivity contribution in [2.24, 2.45) is 0 Å². The average Bonchev–Trinajstić information content (AvgIpc) is 3.46. The van der Waals surface area contributed by atoms with Gasteiger partial charge in [-0.3, -0.25) is 14.4 Å².